The van der Waals surface area contributed by atoms with Crippen LogP contribution in [0.5, 0.6) is 0 Å². The number of nitrogens with one attached hydrogen (secondary N) is 2. The number of nitrogens with zero attached hydrogens (tertiary/aromatic N) is 2. The van der Waals surface area contributed by atoms with Crippen molar-refractivity contribution in [3.05, 3.63) is 22.2 Å². The van der Waals surface area contributed by atoms with Crippen LogP contribution >= 0.6 is 35.4 Å². The summed E-state index contributed by atoms with van der Waals surface area (Å²) < 4.78 is 2.00. The van der Waals surface area contributed by atoms with Gasteiger partial charge in [-0.15, -0.1) is 0 Å². The Balaban J connectivity index is 2.47. The molecule has 4 nitrogen and oxygen atoms in total. The van der Waals surface area contributed by atoms with E-state index in [-0.39, 0.29) is 0 Å². The Labute approximate surface area is 127 Å². The van der Waals surface area contributed by atoms with Crippen molar-refractivity contribution in [3.63, 3.8) is 0 Å². The molecule has 1 aromatic carbocycles. The predicted octanol–water partition coefficient (Wildman–Crippen LogP) is 3.67. The molecule has 2 N–H and O–H groups in total. The van der Waals surface area contributed by atoms with Gasteiger partial charge < -0.3 is 15.2 Å². The molecule has 1 heterocycles. The third kappa shape index (κ3) is 2.94. The van der Waals surface area contributed by atoms with E-state index >= 15 is 0 Å². The number of imidazole rings is 1. The first-order valence-corrected chi connectivity index (χ1v) is 7.13. The molecule has 0 aliphatic rings. The lowest BCUT2D eigenvalue weighted by Gasteiger charge is -2.10. The third-order valence-corrected chi connectivity index (χ3v) is 3.64. The van der Waals surface area contributed by atoms with E-state index in [1.807, 2.05) is 24.5 Å². The molecular formula is C12H14Cl2N4S. The molecule has 0 bridgehead atoms. The summed E-state index contributed by atoms with van der Waals surface area (Å²) >= 11 is 17.2. The molecule has 0 aliphatic carbocycles. The minimum absolute atomic E-state index is 0.496. The molecule has 7 heteroatoms. The summed E-state index contributed by atoms with van der Waals surface area (Å²) in [5.41, 5.74) is 1.72. The van der Waals surface area contributed by atoms with Gasteiger partial charge in [0.25, 0.3) is 0 Å². The fourth-order valence-corrected chi connectivity index (χ4v) is 2.39. The largest absolute Gasteiger partial charge is 0.363 e. The number of aryl methyl sites for hydroxylation is 1. The van der Waals surface area contributed by atoms with Crippen LogP contribution < -0.4 is 10.6 Å². The van der Waals surface area contributed by atoms with Crippen LogP contribution in [0.3, 0.4) is 0 Å². The first-order chi connectivity index (χ1) is 9.06. The van der Waals surface area contributed by atoms with Crippen LogP contribution in [-0.2, 0) is 6.54 Å². The number of aromatic nitrogens is 2. The maximum Gasteiger partial charge on any atom is 0.210 e. The molecule has 0 atom stereocenters. The molecule has 0 amide bonds. The average Bonchev–Trinajstić information content (AvgIpc) is 2.66. The molecule has 2 rings (SSSR count). The van der Waals surface area contributed by atoms with Crippen LogP contribution in [0.4, 0.5) is 5.95 Å². The van der Waals surface area contributed by atoms with E-state index in [1.54, 1.807) is 6.07 Å². The van der Waals surface area contributed by atoms with Gasteiger partial charge in [0.15, 0.2) is 5.11 Å². The van der Waals surface area contributed by atoms with Crippen molar-refractivity contribution in [2.75, 3.05) is 11.9 Å². The second-order valence-electron chi connectivity index (χ2n) is 3.92. The Morgan fingerprint density at radius 3 is 2.63 bits per heavy atom. The number of rotatable bonds is 3. The number of halogens is 2. The minimum Gasteiger partial charge on any atom is -0.363 e. The van der Waals surface area contributed by atoms with E-state index in [2.05, 4.69) is 15.6 Å². The molecule has 2 aromatic rings. The molecule has 102 valence electrons. The van der Waals surface area contributed by atoms with Crippen molar-refractivity contribution in [1.29, 1.82) is 0 Å². The predicted molar refractivity (Wildman–Crippen MR) is 85.3 cm³/mol. The first-order valence-electron chi connectivity index (χ1n) is 5.97. The van der Waals surface area contributed by atoms with Crippen LogP contribution in [0.25, 0.3) is 11.0 Å². The highest BCUT2D eigenvalue weighted by molar-refractivity contribution is 7.80. The zero-order valence-electron chi connectivity index (χ0n) is 10.6. The Morgan fingerprint density at radius 1 is 1.32 bits per heavy atom. The zero-order chi connectivity index (χ0) is 14.0. The molecule has 0 saturated heterocycles. The summed E-state index contributed by atoms with van der Waals surface area (Å²) in [6.45, 7) is 5.53. The molecular weight excluding hydrogens is 303 g/mol. The van der Waals surface area contributed by atoms with Crippen molar-refractivity contribution < 1.29 is 0 Å². The Kier molecular flexibility index (Phi) is 4.50. The van der Waals surface area contributed by atoms with Crippen LogP contribution in [0.2, 0.25) is 10.0 Å². The Morgan fingerprint density at radius 2 is 2.00 bits per heavy atom. The van der Waals surface area contributed by atoms with Gasteiger partial charge in [-0.3, -0.25) is 0 Å². The lowest BCUT2D eigenvalue weighted by molar-refractivity contribution is 0.797. The third-order valence-electron chi connectivity index (χ3n) is 2.67. The number of benzene rings is 1. The van der Waals surface area contributed by atoms with Crippen LogP contribution in [0.1, 0.15) is 13.8 Å². The average molecular weight is 317 g/mol. The van der Waals surface area contributed by atoms with Crippen molar-refractivity contribution in [2.45, 2.75) is 20.4 Å². The van der Waals surface area contributed by atoms with E-state index in [9.17, 15) is 0 Å². The molecule has 1 aromatic heterocycles. The van der Waals surface area contributed by atoms with E-state index in [0.29, 0.717) is 21.1 Å². The summed E-state index contributed by atoms with van der Waals surface area (Å²) in [5.74, 6) is 0.682. The Hall–Kier alpha value is -1.04. The summed E-state index contributed by atoms with van der Waals surface area (Å²) in [7, 11) is 0. The number of hydrogen-bond acceptors (Lipinski definition) is 2. The molecule has 19 heavy (non-hydrogen) atoms. The fraction of sp³-hybridized carbons (Fsp3) is 0.333. The van der Waals surface area contributed by atoms with Crippen molar-refractivity contribution in [1.82, 2.24) is 14.9 Å². The topological polar surface area (TPSA) is 41.9 Å². The fourth-order valence-electron chi connectivity index (χ4n) is 1.84. The lowest BCUT2D eigenvalue weighted by atomic mass is 10.3. The van der Waals surface area contributed by atoms with Gasteiger partial charge in [-0.05, 0) is 38.2 Å². The molecule has 0 unspecified atom stereocenters. The smallest absolute Gasteiger partial charge is 0.210 e. The van der Waals surface area contributed by atoms with Crippen molar-refractivity contribution in [3.8, 4) is 0 Å². The van der Waals surface area contributed by atoms with E-state index in [0.717, 1.165) is 24.1 Å². The second-order valence-corrected chi connectivity index (χ2v) is 5.14. The normalized spacial score (nSPS) is 10.7. The van der Waals surface area contributed by atoms with Gasteiger partial charge in [-0.1, -0.05) is 23.2 Å². The maximum atomic E-state index is 6.05. The molecule has 0 radical (unpaired) electrons. The van der Waals surface area contributed by atoms with E-state index in [1.165, 1.54) is 0 Å². The van der Waals surface area contributed by atoms with E-state index in [4.69, 9.17) is 35.4 Å². The summed E-state index contributed by atoms with van der Waals surface area (Å²) in [4.78, 5) is 4.49. The van der Waals surface area contributed by atoms with Gasteiger partial charge in [0.2, 0.25) is 5.95 Å². The maximum absolute atomic E-state index is 6.05. The molecule has 0 saturated carbocycles. The molecule has 0 aliphatic heterocycles. The molecule has 0 spiro atoms. The van der Waals surface area contributed by atoms with Gasteiger partial charge in [0.05, 0.1) is 21.1 Å². The zero-order valence-corrected chi connectivity index (χ0v) is 13.0. The Bertz CT molecular complexity index is 624. The van der Waals surface area contributed by atoms with E-state index < -0.39 is 0 Å². The highest BCUT2D eigenvalue weighted by Crippen LogP contribution is 2.29. The number of fused-ring (bicyclic) bond motifs is 1. The SMILES string of the molecule is CCNC(=S)Nc1nc2cc(Cl)c(Cl)cc2n1CC. The minimum atomic E-state index is 0.496. The molecule has 0 fully saturated rings. The number of hydrogen-bond donors (Lipinski definition) is 2. The van der Waals surface area contributed by atoms with Gasteiger partial charge in [-0.2, -0.15) is 0 Å². The quantitative estimate of drug-likeness (QED) is 0.848. The summed E-state index contributed by atoms with van der Waals surface area (Å²) in [5, 5.41) is 7.66. The number of anilines is 1. The second kappa shape index (κ2) is 5.94. The standard InChI is InChI=1S/C12H14Cl2N4S/c1-3-15-12(19)17-11-16-9-5-7(13)8(14)6-10(9)18(11)4-2/h5-6H,3-4H2,1-2H3,(H2,15,16,17,19). The van der Waals surface area contributed by atoms with Crippen LogP contribution in [0, 0.1) is 0 Å². The van der Waals surface area contributed by atoms with Crippen molar-refractivity contribution >= 4 is 57.5 Å². The summed E-state index contributed by atoms with van der Waals surface area (Å²) in [6, 6.07) is 3.57. The highest BCUT2D eigenvalue weighted by Gasteiger charge is 2.12. The highest BCUT2D eigenvalue weighted by atomic mass is 35.5. The van der Waals surface area contributed by atoms with Crippen LogP contribution in [0.15, 0.2) is 12.1 Å². The van der Waals surface area contributed by atoms with Gasteiger partial charge in [-0.25, -0.2) is 4.98 Å². The van der Waals surface area contributed by atoms with Gasteiger partial charge in [0, 0.05) is 13.1 Å². The van der Waals surface area contributed by atoms with Gasteiger partial charge >= 0.3 is 0 Å². The van der Waals surface area contributed by atoms with Gasteiger partial charge in [0.1, 0.15) is 0 Å². The van der Waals surface area contributed by atoms with Crippen LogP contribution in [-0.4, -0.2) is 21.2 Å². The monoisotopic (exact) mass is 316 g/mol. The lowest BCUT2D eigenvalue weighted by Crippen LogP contribution is -2.29. The van der Waals surface area contributed by atoms with Crippen molar-refractivity contribution in [2.24, 2.45) is 0 Å². The summed E-state index contributed by atoms with van der Waals surface area (Å²) in [6.07, 6.45) is 0. The first kappa shape index (κ1) is 14.4. The number of thiocarbonyl (C=S) groups is 1.